The Balaban J connectivity index is 1.52. The molecule has 0 aliphatic carbocycles. The van der Waals surface area contributed by atoms with Gasteiger partial charge in [-0.25, -0.2) is 0 Å². The zero-order valence-corrected chi connectivity index (χ0v) is 26.0. The molecule has 5 atom stereocenters. The Kier molecular flexibility index (Phi) is 9.71. The van der Waals surface area contributed by atoms with Crippen molar-refractivity contribution in [3.8, 4) is 0 Å². The number of ether oxygens (including phenoxy) is 1. The van der Waals surface area contributed by atoms with Crippen LogP contribution in [0.3, 0.4) is 0 Å². The molecule has 1 spiro atoms. The number of aliphatic hydroxyl groups is 1. The van der Waals surface area contributed by atoms with Crippen LogP contribution < -0.4 is 4.90 Å². The van der Waals surface area contributed by atoms with Crippen molar-refractivity contribution in [3.05, 3.63) is 90.5 Å². The van der Waals surface area contributed by atoms with Gasteiger partial charge >= 0.3 is 0 Å². The molecule has 3 fully saturated rings. The number of hydrogen-bond acceptors (Lipinski definition) is 5. The van der Waals surface area contributed by atoms with Gasteiger partial charge < -0.3 is 24.5 Å². The lowest BCUT2D eigenvalue weighted by molar-refractivity contribution is -0.145. The van der Waals surface area contributed by atoms with E-state index in [1.807, 2.05) is 62.4 Å². The lowest BCUT2D eigenvalue weighted by atomic mass is 9.70. The van der Waals surface area contributed by atoms with Crippen LogP contribution in [-0.2, 0) is 25.7 Å². The lowest BCUT2D eigenvalue weighted by Crippen LogP contribution is -2.56. The number of nitrogens with zero attached hydrogens (tertiary/aromatic N) is 3. The topological polar surface area (TPSA) is 90.4 Å². The molecule has 3 heterocycles. The van der Waals surface area contributed by atoms with Crippen molar-refractivity contribution in [2.75, 3.05) is 31.1 Å². The van der Waals surface area contributed by atoms with E-state index < -0.39 is 29.6 Å². The first-order chi connectivity index (χ1) is 21.3. The van der Waals surface area contributed by atoms with Gasteiger partial charge in [-0.1, -0.05) is 54.6 Å². The summed E-state index contributed by atoms with van der Waals surface area (Å²) in [6, 6.07) is 14.9. The predicted octanol–water partition coefficient (Wildman–Crippen LogP) is 4.57. The molecule has 234 valence electrons. The number of benzene rings is 2. The fourth-order valence-corrected chi connectivity index (χ4v) is 7.52. The molecule has 8 nitrogen and oxygen atoms in total. The van der Waals surface area contributed by atoms with E-state index in [4.69, 9.17) is 4.74 Å². The average Bonchev–Trinajstić information content (AvgIpc) is 3.66. The largest absolute Gasteiger partial charge is 0.396 e. The Bertz CT molecular complexity index is 1390. The summed E-state index contributed by atoms with van der Waals surface area (Å²) in [5.41, 5.74) is 2.66. The summed E-state index contributed by atoms with van der Waals surface area (Å²) in [5.74, 6) is -1.95. The van der Waals surface area contributed by atoms with Crippen LogP contribution in [0.15, 0.2) is 73.8 Å². The lowest BCUT2D eigenvalue weighted by Gasteiger charge is -2.37. The van der Waals surface area contributed by atoms with Crippen LogP contribution in [0.1, 0.15) is 48.8 Å². The fourth-order valence-electron chi connectivity index (χ4n) is 7.52. The number of unbranched alkanes of at least 4 members (excludes halogenated alkanes) is 2. The molecule has 2 unspecified atom stereocenters. The van der Waals surface area contributed by atoms with Gasteiger partial charge in [-0.2, -0.15) is 0 Å². The zero-order chi connectivity index (χ0) is 31.4. The molecule has 3 amide bonds. The Morgan fingerprint density at radius 3 is 2.50 bits per heavy atom. The third-order valence-electron chi connectivity index (χ3n) is 9.49. The third kappa shape index (κ3) is 5.73. The van der Waals surface area contributed by atoms with Crippen LogP contribution in [0, 0.1) is 25.7 Å². The molecule has 8 heteroatoms. The number of likely N-dealkylation sites (tertiary alicyclic amines) is 1. The van der Waals surface area contributed by atoms with Crippen molar-refractivity contribution in [2.24, 2.45) is 11.8 Å². The van der Waals surface area contributed by atoms with Gasteiger partial charge in [0.25, 0.3) is 5.91 Å². The van der Waals surface area contributed by atoms with Gasteiger partial charge in [-0.05, 0) is 68.7 Å². The van der Waals surface area contributed by atoms with E-state index in [1.54, 1.807) is 26.9 Å². The number of amides is 3. The second-order valence-corrected chi connectivity index (χ2v) is 12.4. The Hall–Kier alpha value is -3.75. The van der Waals surface area contributed by atoms with Crippen LogP contribution in [0.5, 0.6) is 0 Å². The van der Waals surface area contributed by atoms with Crippen molar-refractivity contribution in [1.82, 2.24) is 9.80 Å². The maximum atomic E-state index is 14.8. The molecule has 44 heavy (non-hydrogen) atoms. The molecule has 5 rings (SSSR count). The standard InChI is InChI=1S/C36H45N3O5/c1-5-19-37(24-27-13-9-7-10-14-27)33(41)30-29-17-18-36(44-29)31(30)34(42)39(21-11-8-12-22-40)32(36)35(43)38(20-6-2)28-23-25(3)15-16-26(28)4/h5-7,9-10,13-16,23,29-32,40H,1-2,8,11-12,17-22,24H2,3-4H3/t29-,30+,31+,32?,36?/m1/s1. The van der Waals surface area contributed by atoms with Gasteiger partial charge in [0.15, 0.2) is 0 Å². The van der Waals surface area contributed by atoms with E-state index in [9.17, 15) is 19.5 Å². The second-order valence-electron chi connectivity index (χ2n) is 12.4. The highest BCUT2D eigenvalue weighted by Crippen LogP contribution is 2.59. The molecule has 2 aromatic carbocycles. The van der Waals surface area contributed by atoms with E-state index in [0.717, 1.165) is 28.8 Å². The normalized spacial score (nSPS) is 25.2. The maximum Gasteiger partial charge on any atom is 0.253 e. The van der Waals surface area contributed by atoms with Crippen molar-refractivity contribution in [2.45, 2.75) is 70.2 Å². The van der Waals surface area contributed by atoms with Crippen LogP contribution in [0.4, 0.5) is 5.69 Å². The van der Waals surface area contributed by atoms with Crippen LogP contribution in [-0.4, -0.2) is 76.6 Å². The first kappa shape index (κ1) is 31.7. The summed E-state index contributed by atoms with van der Waals surface area (Å²) in [6.45, 7) is 13.2. The molecule has 0 saturated carbocycles. The van der Waals surface area contributed by atoms with Crippen molar-refractivity contribution in [3.63, 3.8) is 0 Å². The third-order valence-corrected chi connectivity index (χ3v) is 9.49. The second kappa shape index (κ2) is 13.5. The molecule has 1 N–H and O–H groups in total. The summed E-state index contributed by atoms with van der Waals surface area (Å²) in [7, 11) is 0. The summed E-state index contributed by atoms with van der Waals surface area (Å²) < 4.78 is 6.73. The molecular formula is C36H45N3O5. The molecule has 0 radical (unpaired) electrons. The molecule has 3 aliphatic heterocycles. The number of aryl methyl sites for hydroxylation is 2. The number of fused-ring (bicyclic) bond motifs is 1. The van der Waals surface area contributed by atoms with E-state index in [1.165, 1.54) is 0 Å². The first-order valence-electron chi connectivity index (χ1n) is 15.8. The SMILES string of the molecule is C=CCN(Cc1ccccc1)C(=O)[C@@H]1[C@H]2C(=O)N(CCCCCO)C(C(=O)N(CC=C)c3cc(C)ccc3C)C23CC[C@H]1O3. The first-order valence-corrected chi connectivity index (χ1v) is 15.8. The number of aliphatic hydroxyl groups excluding tert-OH is 1. The molecule has 3 saturated heterocycles. The average molecular weight is 600 g/mol. The zero-order valence-electron chi connectivity index (χ0n) is 26.0. The van der Waals surface area contributed by atoms with Crippen molar-refractivity contribution in [1.29, 1.82) is 0 Å². The Morgan fingerprint density at radius 2 is 1.80 bits per heavy atom. The van der Waals surface area contributed by atoms with Crippen molar-refractivity contribution < 1.29 is 24.2 Å². The fraction of sp³-hybridized carbons (Fsp3) is 0.472. The smallest absolute Gasteiger partial charge is 0.253 e. The van der Waals surface area contributed by atoms with Gasteiger partial charge in [-0.15, -0.1) is 13.2 Å². The Labute approximate surface area is 261 Å². The van der Waals surface area contributed by atoms with E-state index >= 15 is 0 Å². The summed E-state index contributed by atoms with van der Waals surface area (Å²) >= 11 is 0. The van der Waals surface area contributed by atoms with Gasteiger partial charge in [0.2, 0.25) is 11.8 Å². The molecular weight excluding hydrogens is 554 g/mol. The van der Waals surface area contributed by atoms with Crippen LogP contribution in [0.2, 0.25) is 0 Å². The van der Waals surface area contributed by atoms with Gasteiger partial charge in [-0.3, -0.25) is 14.4 Å². The summed E-state index contributed by atoms with van der Waals surface area (Å²) in [5, 5.41) is 9.35. The van der Waals surface area contributed by atoms with Gasteiger partial charge in [0.1, 0.15) is 11.6 Å². The number of carbonyl (C=O) groups excluding carboxylic acids is 3. The minimum absolute atomic E-state index is 0.0739. The molecule has 2 bridgehead atoms. The number of anilines is 1. The van der Waals surface area contributed by atoms with Gasteiger partial charge in [0, 0.05) is 38.5 Å². The quantitative estimate of drug-likeness (QED) is 0.254. The highest BCUT2D eigenvalue weighted by molar-refractivity contribution is 6.05. The summed E-state index contributed by atoms with van der Waals surface area (Å²) in [6.07, 6.45) is 6.11. The van der Waals surface area contributed by atoms with Crippen LogP contribution >= 0.6 is 0 Å². The maximum absolute atomic E-state index is 14.8. The van der Waals surface area contributed by atoms with E-state index in [-0.39, 0.29) is 30.9 Å². The highest BCUT2D eigenvalue weighted by atomic mass is 16.5. The predicted molar refractivity (Wildman–Crippen MR) is 171 cm³/mol. The van der Waals surface area contributed by atoms with E-state index in [2.05, 4.69) is 13.2 Å². The summed E-state index contributed by atoms with van der Waals surface area (Å²) in [4.78, 5) is 48.7. The molecule has 3 aliphatic rings. The molecule has 2 aromatic rings. The minimum Gasteiger partial charge on any atom is -0.396 e. The highest BCUT2D eigenvalue weighted by Gasteiger charge is 2.74. The number of carbonyl (C=O) groups is 3. The monoisotopic (exact) mass is 599 g/mol. The number of rotatable bonds is 14. The molecule has 0 aromatic heterocycles. The minimum atomic E-state index is -1.08. The van der Waals surface area contributed by atoms with E-state index in [0.29, 0.717) is 45.3 Å². The van der Waals surface area contributed by atoms with Gasteiger partial charge in [0.05, 0.1) is 17.9 Å². The van der Waals surface area contributed by atoms with Crippen molar-refractivity contribution >= 4 is 23.4 Å². The number of hydrogen-bond donors (Lipinski definition) is 1. The van der Waals surface area contributed by atoms with Crippen LogP contribution in [0.25, 0.3) is 0 Å². The Morgan fingerprint density at radius 1 is 1.05 bits per heavy atom.